The minimum atomic E-state index is -2.96. The summed E-state index contributed by atoms with van der Waals surface area (Å²) in [6.45, 7) is 0. The minimum Gasteiger partial charge on any atom is -0.227 e. The molecule has 0 saturated carbocycles. The zero-order valence-electron chi connectivity index (χ0n) is 5.49. The quantitative estimate of drug-likeness (QED) is 0.703. The van der Waals surface area contributed by atoms with Gasteiger partial charge in [0.2, 0.25) is 5.95 Å². The van der Waals surface area contributed by atoms with Crippen molar-refractivity contribution < 1.29 is 13.2 Å². The second kappa shape index (κ2) is 3.62. The molecule has 1 aromatic heterocycles. The van der Waals surface area contributed by atoms with Crippen LogP contribution in [0, 0.1) is 5.95 Å². The van der Waals surface area contributed by atoms with Gasteiger partial charge in [0.05, 0.1) is 15.1 Å². The molecule has 0 unspecified atom stereocenters. The molecule has 0 aliphatic rings. The lowest BCUT2D eigenvalue weighted by Gasteiger charge is -2.04. The molecule has 0 spiro atoms. The van der Waals surface area contributed by atoms with Gasteiger partial charge in [-0.2, -0.15) is 4.39 Å². The van der Waals surface area contributed by atoms with E-state index in [1.54, 1.807) is 0 Å². The van der Waals surface area contributed by atoms with E-state index in [-0.39, 0.29) is 9.50 Å². The van der Waals surface area contributed by atoms with Gasteiger partial charge in [-0.3, -0.25) is 0 Å². The monoisotopic (exact) mass is 259 g/mol. The number of rotatable bonds is 1. The van der Waals surface area contributed by atoms with Crippen molar-refractivity contribution in [2.45, 2.75) is 6.43 Å². The molecule has 66 valence electrons. The average Bonchev–Trinajstić information content (AvgIpc) is 1.97. The molecule has 12 heavy (non-hydrogen) atoms. The van der Waals surface area contributed by atoms with Gasteiger partial charge in [0.15, 0.2) is 0 Å². The Balaban J connectivity index is 3.33. The number of hydrogen-bond donors (Lipinski definition) is 0. The van der Waals surface area contributed by atoms with Gasteiger partial charge in [0.25, 0.3) is 6.43 Å². The molecule has 6 heteroatoms. The molecule has 0 amide bonds. The second-order valence-electron chi connectivity index (χ2n) is 1.93. The van der Waals surface area contributed by atoms with Crippen LogP contribution < -0.4 is 0 Å². The first-order chi connectivity index (χ1) is 5.54. The molecule has 0 saturated heterocycles. The van der Waals surface area contributed by atoms with Crippen LogP contribution in [0.25, 0.3) is 0 Å². The summed E-state index contributed by atoms with van der Waals surface area (Å²) in [4.78, 5) is 3.08. The van der Waals surface area contributed by atoms with E-state index in [0.717, 1.165) is 6.20 Å². The summed E-state index contributed by atoms with van der Waals surface area (Å²) in [5.74, 6) is -1.24. The van der Waals surface area contributed by atoms with E-state index in [1.807, 2.05) is 0 Å². The Morgan fingerprint density at radius 3 is 2.50 bits per heavy atom. The molecule has 1 aromatic rings. The topological polar surface area (TPSA) is 12.9 Å². The Morgan fingerprint density at radius 2 is 2.08 bits per heavy atom. The van der Waals surface area contributed by atoms with Crippen molar-refractivity contribution >= 4 is 27.5 Å². The number of hydrogen-bond acceptors (Lipinski definition) is 1. The third-order valence-corrected chi connectivity index (χ3v) is 2.41. The van der Waals surface area contributed by atoms with Gasteiger partial charge >= 0.3 is 0 Å². The van der Waals surface area contributed by atoms with E-state index in [9.17, 15) is 13.2 Å². The second-order valence-corrected chi connectivity index (χ2v) is 3.16. The molecule has 1 nitrogen and oxygen atoms in total. The fourth-order valence-corrected chi connectivity index (χ4v) is 1.17. The summed E-state index contributed by atoms with van der Waals surface area (Å²) in [5, 5.41) is -0.336. The van der Waals surface area contributed by atoms with Crippen LogP contribution in [0.4, 0.5) is 13.2 Å². The Hall–Kier alpha value is -0.290. The maximum absolute atomic E-state index is 12.6. The standard InChI is InChI=1S/C6H2BrClF3N/c7-2-1-12-6(11)3(4(2)8)5(9)10/h1,5H. The van der Waals surface area contributed by atoms with Gasteiger partial charge in [-0.05, 0) is 15.9 Å². The summed E-state index contributed by atoms with van der Waals surface area (Å²) >= 11 is 8.24. The van der Waals surface area contributed by atoms with Gasteiger partial charge in [-0.15, -0.1) is 0 Å². The van der Waals surface area contributed by atoms with Crippen LogP contribution in [0.1, 0.15) is 12.0 Å². The number of nitrogens with zero attached hydrogens (tertiary/aromatic N) is 1. The zero-order chi connectivity index (χ0) is 9.30. The van der Waals surface area contributed by atoms with E-state index >= 15 is 0 Å². The van der Waals surface area contributed by atoms with Gasteiger partial charge in [0.1, 0.15) is 0 Å². The van der Waals surface area contributed by atoms with Gasteiger partial charge < -0.3 is 0 Å². The lowest BCUT2D eigenvalue weighted by Crippen LogP contribution is -1.96. The smallest absolute Gasteiger partial charge is 0.227 e. The summed E-state index contributed by atoms with van der Waals surface area (Å²) in [6.07, 6.45) is -1.92. The van der Waals surface area contributed by atoms with Crippen LogP contribution in [0.15, 0.2) is 10.7 Å². The fraction of sp³-hybridized carbons (Fsp3) is 0.167. The van der Waals surface area contributed by atoms with Crippen molar-refractivity contribution in [1.29, 1.82) is 0 Å². The van der Waals surface area contributed by atoms with Crippen molar-refractivity contribution in [3.8, 4) is 0 Å². The van der Waals surface area contributed by atoms with Crippen molar-refractivity contribution in [3.63, 3.8) is 0 Å². The zero-order valence-corrected chi connectivity index (χ0v) is 7.83. The molecule has 0 fully saturated rings. The van der Waals surface area contributed by atoms with Gasteiger partial charge in [0, 0.05) is 6.20 Å². The number of alkyl halides is 2. The SMILES string of the molecule is Fc1ncc(Br)c(Cl)c1C(F)F. The highest BCUT2D eigenvalue weighted by atomic mass is 79.9. The summed E-state index contributed by atoms with van der Waals surface area (Å²) < 4.78 is 36.9. The largest absolute Gasteiger partial charge is 0.269 e. The molecule has 0 bridgehead atoms. The maximum atomic E-state index is 12.6. The Bertz CT molecular complexity index is 305. The molecular formula is C6H2BrClF3N. The van der Waals surface area contributed by atoms with Crippen molar-refractivity contribution in [3.05, 3.63) is 27.2 Å². The molecular weight excluding hydrogens is 258 g/mol. The third kappa shape index (κ3) is 1.72. The van der Waals surface area contributed by atoms with Crippen LogP contribution >= 0.6 is 27.5 Å². The third-order valence-electron chi connectivity index (χ3n) is 1.18. The Labute approximate surface area is 79.7 Å². The first-order valence-corrected chi connectivity index (χ1v) is 3.98. The highest BCUT2D eigenvalue weighted by Crippen LogP contribution is 2.33. The molecule has 0 N–H and O–H groups in total. The van der Waals surface area contributed by atoms with Crippen LogP contribution in [0.2, 0.25) is 5.02 Å². The van der Waals surface area contributed by atoms with Crippen molar-refractivity contribution in [2.75, 3.05) is 0 Å². The first kappa shape index (κ1) is 9.80. The summed E-state index contributed by atoms with van der Waals surface area (Å²) in [6, 6.07) is 0. The van der Waals surface area contributed by atoms with Gasteiger partial charge in [-0.25, -0.2) is 13.8 Å². The van der Waals surface area contributed by atoms with E-state index < -0.39 is 17.9 Å². The summed E-state index contributed by atoms with van der Waals surface area (Å²) in [7, 11) is 0. The van der Waals surface area contributed by atoms with Crippen LogP contribution in [0.5, 0.6) is 0 Å². The molecule has 0 aliphatic carbocycles. The number of aromatic nitrogens is 1. The predicted molar refractivity (Wildman–Crippen MR) is 41.9 cm³/mol. The molecule has 1 heterocycles. The van der Waals surface area contributed by atoms with Crippen LogP contribution in [-0.4, -0.2) is 4.98 Å². The molecule has 0 aromatic carbocycles. The van der Waals surface area contributed by atoms with Crippen molar-refractivity contribution in [2.24, 2.45) is 0 Å². The average molecular weight is 260 g/mol. The lowest BCUT2D eigenvalue weighted by atomic mass is 10.3. The highest BCUT2D eigenvalue weighted by Gasteiger charge is 2.20. The molecule has 1 rings (SSSR count). The molecule has 0 radical (unpaired) electrons. The first-order valence-electron chi connectivity index (χ1n) is 2.81. The van der Waals surface area contributed by atoms with E-state index in [2.05, 4.69) is 20.9 Å². The van der Waals surface area contributed by atoms with Crippen LogP contribution in [-0.2, 0) is 0 Å². The maximum Gasteiger partial charge on any atom is 0.269 e. The van der Waals surface area contributed by atoms with E-state index in [4.69, 9.17) is 11.6 Å². The fourth-order valence-electron chi connectivity index (χ4n) is 0.645. The normalized spacial score (nSPS) is 10.8. The predicted octanol–water partition coefficient (Wildman–Crippen LogP) is 3.57. The Kier molecular flexibility index (Phi) is 2.95. The van der Waals surface area contributed by atoms with Gasteiger partial charge in [-0.1, -0.05) is 11.6 Å². The number of pyridine rings is 1. The minimum absolute atomic E-state index is 0.154. The van der Waals surface area contributed by atoms with E-state index in [0.29, 0.717) is 0 Å². The summed E-state index contributed by atoms with van der Waals surface area (Å²) in [5.41, 5.74) is -0.869. The van der Waals surface area contributed by atoms with Crippen LogP contribution in [0.3, 0.4) is 0 Å². The lowest BCUT2D eigenvalue weighted by molar-refractivity contribution is 0.145. The Morgan fingerprint density at radius 1 is 1.50 bits per heavy atom. The molecule has 0 atom stereocenters. The highest BCUT2D eigenvalue weighted by molar-refractivity contribution is 9.10. The van der Waals surface area contributed by atoms with Crippen molar-refractivity contribution in [1.82, 2.24) is 4.98 Å². The number of halogens is 5. The van der Waals surface area contributed by atoms with E-state index in [1.165, 1.54) is 0 Å². The molecule has 0 aliphatic heterocycles.